The molecule has 3 rings (SSSR count). The number of carbonyl (C=O) groups excluding carboxylic acids is 1. The lowest BCUT2D eigenvalue weighted by molar-refractivity contribution is 0.0966. The van der Waals surface area contributed by atoms with Crippen LogP contribution in [0.25, 0.3) is 0 Å². The molecule has 1 aliphatic heterocycles. The second kappa shape index (κ2) is 4.07. The molecule has 0 atom stereocenters. The summed E-state index contributed by atoms with van der Waals surface area (Å²) >= 11 is 0. The Bertz CT molecular complexity index is 608. The predicted molar refractivity (Wildman–Crippen MR) is 71.7 cm³/mol. The van der Waals surface area contributed by atoms with Crippen molar-refractivity contribution >= 4 is 23.0 Å². The minimum atomic E-state index is -0.0528. The fourth-order valence-electron chi connectivity index (χ4n) is 2.07. The largest absolute Gasteiger partial charge is 0.397 e. The highest BCUT2D eigenvalue weighted by molar-refractivity contribution is 6.00. The van der Waals surface area contributed by atoms with Gasteiger partial charge >= 0.3 is 0 Å². The third-order valence-corrected chi connectivity index (χ3v) is 3.01. The number of hydrogen-bond acceptors (Lipinski definition) is 3. The highest BCUT2D eigenvalue weighted by Crippen LogP contribution is 2.29. The lowest BCUT2D eigenvalue weighted by atomic mass is 10.1. The normalized spacial score (nSPS) is 13.0. The van der Waals surface area contributed by atoms with Crippen molar-refractivity contribution in [3.8, 4) is 0 Å². The molecule has 0 unspecified atom stereocenters. The Morgan fingerprint density at radius 1 is 1.17 bits per heavy atom. The molecule has 0 radical (unpaired) electrons. The van der Waals surface area contributed by atoms with E-state index in [4.69, 9.17) is 5.73 Å². The summed E-state index contributed by atoms with van der Waals surface area (Å²) in [6.45, 7) is 0.567. The number of para-hydroxylation sites is 1. The van der Waals surface area contributed by atoms with Crippen LogP contribution in [0.3, 0.4) is 0 Å². The van der Waals surface area contributed by atoms with Gasteiger partial charge in [-0.05, 0) is 29.8 Å². The fraction of sp³-hybridized carbons (Fsp3) is 0.0714. The molecule has 2 aromatic rings. The van der Waals surface area contributed by atoms with Gasteiger partial charge in [-0.15, -0.1) is 0 Å². The van der Waals surface area contributed by atoms with Crippen molar-refractivity contribution in [3.05, 3.63) is 53.6 Å². The molecular weight excluding hydrogens is 226 g/mol. The molecule has 90 valence electrons. The van der Waals surface area contributed by atoms with Gasteiger partial charge in [-0.25, -0.2) is 0 Å². The number of anilines is 3. The molecule has 2 aromatic carbocycles. The number of nitrogen functional groups attached to an aromatic ring is 1. The Labute approximate surface area is 105 Å². The van der Waals surface area contributed by atoms with Crippen molar-refractivity contribution in [2.45, 2.75) is 6.54 Å². The van der Waals surface area contributed by atoms with E-state index >= 15 is 0 Å². The zero-order valence-electron chi connectivity index (χ0n) is 9.73. The first kappa shape index (κ1) is 10.7. The van der Waals surface area contributed by atoms with E-state index in [0.717, 1.165) is 16.9 Å². The smallest absolute Gasteiger partial charge is 0.251 e. The van der Waals surface area contributed by atoms with Crippen LogP contribution >= 0.6 is 0 Å². The highest BCUT2D eigenvalue weighted by Gasteiger charge is 2.20. The van der Waals surface area contributed by atoms with Crippen LogP contribution in [0.1, 0.15) is 15.9 Å². The van der Waals surface area contributed by atoms with Gasteiger partial charge in [-0.1, -0.05) is 18.2 Å². The summed E-state index contributed by atoms with van der Waals surface area (Å²) in [4.78, 5) is 11.5. The van der Waals surface area contributed by atoms with E-state index in [1.54, 1.807) is 6.07 Å². The maximum absolute atomic E-state index is 11.5. The molecule has 0 fully saturated rings. The van der Waals surface area contributed by atoms with Gasteiger partial charge in [0.25, 0.3) is 5.91 Å². The van der Waals surface area contributed by atoms with Gasteiger partial charge in [0.1, 0.15) is 0 Å². The Balaban J connectivity index is 1.97. The van der Waals surface area contributed by atoms with Gasteiger partial charge in [-0.2, -0.15) is 0 Å². The summed E-state index contributed by atoms with van der Waals surface area (Å²) in [7, 11) is 0. The van der Waals surface area contributed by atoms with Crippen LogP contribution in [0.15, 0.2) is 42.5 Å². The zero-order chi connectivity index (χ0) is 12.5. The quantitative estimate of drug-likeness (QED) is 0.704. The van der Waals surface area contributed by atoms with E-state index in [2.05, 4.69) is 10.6 Å². The lowest BCUT2D eigenvalue weighted by Crippen LogP contribution is -2.12. The van der Waals surface area contributed by atoms with Crippen molar-refractivity contribution in [2.24, 2.45) is 0 Å². The molecule has 4 heteroatoms. The minimum absolute atomic E-state index is 0.0528. The van der Waals surface area contributed by atoms with Crippen molar-refractivity contribution in [3.63, 3.8) is 0 Å². The van der Waals surface area contributed by atoms with Crippen LogP contribution in [0.5, 0.6) is 0 Å². The molecule has 0 aromatic heterocycles. The third kappa shape index (κ3) is 1.78. The van der Waals surface area contributed by atoms with Gasteiger partial charge in [0.2, 0.25) is 0 Å². The number of fused-ring (bicyclic) bond motifs is 1. The summed E-state index contributed by atoms with van der Waals surface area (Å²) in [5.41, 5.74) is 9.99. The number of rotatable bonds is 2. The molecule has 0 bridgehead atoms. The number of carbonyl (C=O) groups is 1. The third-order valence-electron chi connectivity index (χ3n) is 3.01. The summed E-state index contributed by atoms with van der Waals surface area (Å²) in [5, 5.41) is 6.03. The molecule has 4 N–H and O–H groups in total. The highest BCUT2D eigenvalue weighted by atomic mass is 16.1. The van der Waals surface area contributed by atoms with Crippen molar-refractivity contribution in [2.75, 3.05) is 11.1 Å². The fourth-order valence-corrected chi connectivity index (χ4v) is 2.07. The summed E-state index contributed by atoms with van der Waals surface area (Å²) < 4.78 is 0. The average Bonchev–Trinajstić information content (AvgIpc) is 2.73. The maximum Gasteiger partial charge on any atom is 0.251 e. The van der Waals surface area contributed by atoms with Crippen LogP contribution in [0, 0.1) is 0 Å². The van der Waals surface area contributed by atoms with Gasteiger partial charge in [0.05, 0.1) is 11.4 Å². The predicted octanol–water partition coefficient (Wildman–Crippen LogP) is 2.26. The Kier molecular flexibility index (Phi) is 2.41. The minimum Gasteiger partial charge on any atom is -0.397 e. The first-order valence-electron chi connectivity index (χ1n) is 5.77. The first-order chi connectivity index (χ1) is 8.74. The molecule has 0 saturated heterocycles. The number of nitrogens with one attached hydrogen (secondary N) is 2. The molecule has 0 spiro atoms. The van der Waals surface area contributed by atoms with Crippen molar-refractivity contribution < 1.29 is 4.79 Å². The Hall–Kier alpha value is -2.49. The SMILES string of the molecule is Nc1cc2c(cc1Nc1ccccc1)CNC2=O. The molecule has 1 heterocycles. The Morgan fingerprint density at radius 2 is 1.94 bits per heavy atom. The molecule has 1 amide bonds. The van der Waals surface area contributed by atoms with Crippen molar-refractivity contribution in [1.82, 2.24) is 5.32 Å². The van der Waals surface area contributed by atoms with Gasteiger partial charge in [0.15, 0.2) is 0 Å². The lowest BCUT2D eigenvalue weighted by Gasteiger charge is -2.10. The Morgan fingerprint density at radius 3 is 2.72 bits per heavy atom. The average molecular weight is 239 g/mol. The standard InChI is InChI=1S/C14H13N3O/c15-12-7-11-9(8-16-14(11)18)6-13(12)17-10-4-2-1-3-5-10/h1-7,17H,8,15H2,(H,16,18). The van der Waals surface area contributed by atoms with Crippen LogP contribution in [0.4, 0.5) is 17.1 Å². The summed E-state index contributed by atoms with van der Waals surface area (Å²) in [6, 6.07) is 13.5. The van der Waals surface area contributed by atoms with Gasteiger partial charge in [-0.3, -0.25) is 4.79 Å². The van der Waals surface area contributed by atoms with Gasteiger partial charge in [0, 0.05) is 17.8 Å². The first-order valence-corrected chi connectivity index (χ1v) is 5.77. The maximum atomic E-state index is 11.5. The molecule has 18 heavy (non-hydrogen) atoms. The van der Waals surface area contributed by atoms with Crippen LogP contribution in [-0.4, -0.2) is 5.91 Å². The second-order valence-corrected chi connectivity index (χ2v) is 4.27. The van der Waals surface area contributed by atoms with Crippen LogP contribution < -0.4 is 16.4 Å². The monoisotopic (exact) mass is 239 g/mol. The number of amides is 1. The molecular formula is C14H13N3O. The van der Waals surface area contributed by atoms with E-state index in [1.807, 2.05) is 36.4 Å². The number of benzene rings is 2. The molecule has 0 saturated carbocycles. The summed E-state index contributed by atoms with van der Waals surface area (Å²) in [6.07, 6.45) is 0. The molecule has 0 aliphatic carbocycles. The van der Waals surface area contributed by atoms with E-state index < -0.39 is 0 Å². The topological polar surface area (TPSA) is 67.2 Å². The van der Waals surface area contributed by atoms with E-state index in [0.29, 0.717) is 17.8 Å². The molecule has 1 aliphatic rings. The second-order valence-electron chi connectivity index (χ2n) is 4.27. The van der Waals surface area contributed by atoms with E-state index in [-0.39, 0.29) is 5.91 Å². The van der Waals surface area contributed by atoms with Gasteiger partial charge < -0.3 is 16.4 Å². The number of hydrogen-bond donors (Lipinski definition) is 3. The van der Waals surface area contributed by atoms with E-state index in [9.17, 15) is 4.79 Å². The zero-order valence-corrected chi connectivity index (χ0v) is 9.73. The number of nitrogens with two attached hydrogens (primary N) is 1. The van der Waals surface area contributed by atoms with Crippen molar-refractivity contribution in [1.29, 1.82) is 0 Å². The van der Waals surface area contributed by atoms with Crippen LogP contribution in [0.2, 0.25) is 0 Å². The molecule has 4 nitrogen and oxygen atoms in total. The van der Waals surface area contributed by atoms with E-state index in [1.165, 1.54) is 0 Å². The van der Waals surface area contributed by atoms with Crippen LogP contribution in [-0.2, 0) is 6.54 Å². The summed E-state index contributed by atoms with van der Waals surface area (Å²) in [5.74, 6) is -0.0528.